The van der Waals surface area contributed by atoms with Gasteiger partial charge >= 0.3 is 0 Å². The van der Waals surface area contributed by atoms with Crippen molar-refractivity contribution in [2.45, 2.75) is 18.9 Å². The molecular weight excluding hydrogens is 197 g/mol. The van der Waals surface area contributed by atoms with Crippen LogP contribution in [0.2, 0.25) is 0 Å². The molecule has 1 aliphatic rings. The van der Waals surface area contributed by atoms with Crippen molar-refractivity contribution in [1.29, 1.82) is 0 Å². The van der Waals surface area contributed by atoms with Gasteiger partial charge in [0.05, 0.1) is 17.7 Å². The summed E-state index contributed by atoms with van der Waals surface area (Å²) in [5.41, 5.74) is 6.80. The Hall–Kier alpha value is 0.240. The first-order valence-corrected chi connectivity index (χ1v) is 4.84. The molecule has 0 aromatic heterocycles. The lowest BCUT2D eigenvalue weighted by atomic mass is 9.82. The summed E-state index contributed by atoms with van der Waals surface area (Å²) < 4.78 is 5.42. The predicted octanol–water partition coefficient (Wildman–Crippen LogP) is 2.06. The van der Waals surface area contributed by atoms with E-state index < -0.39 is 0 Å². The van der Waals surface area contributed by atoms with E-state index in [0.29, 0.717) is 23.7 Å². The zero-order valence-electron chi connectivity index (χ0n) is 6.80. The van der Waals surface area contributed by atoms with Crippen LogP contribution in [-0.2, 0) is 4.74 Å². The average Bonchev–Trinajstić information content (AvgIpc) is 2.01. The highest BCUT2D eigenvalue weighted by Crippen LogP contribution is 2.29. The molecule has 0 unspecified atom stereocenters. The smallest absolute Gasteiger partial charge is 0.0835 e. The highest BCUT2D eigenvalue weighted by atomic mass is 35.5. The van der Waals surface area contributed by atoms with E-state index in [0.717, 1.165) is 19.4 Å². The lowest BCUT2D eigenvalue weighted by Gasteiger charge is -2.34. The Morgan fingerprint density at radius 2 is 2.25 bits per heavy atom. The van der Waals surface area contributed by atoms with Crippen molar-refractivity contribution in [3.05, 3.63) is 10.6 Å². The average molecular weight is 210 g/mol. The van der Waals surface area contributed by atoms with E-state index >= 15 is 0 Å². The number of nitrogens with two attached hydrogens (primary N) is 1. The Labute approximate surface area is 82.7 Å². The molecule has 4 heteroatoms. The molecule has 0 bridgehead atoms. The van der Waals surface area contributed by atoms with Crippen molar-refractivity contribution in [2.24, 2.45) is 11.7 Å². The van der Waals surface area contributed by atoms with Gasteiger partial charge in [0.25, 0.3) is 0 Å². The molecular formula is C8H13Cl2NO. The molecule has 2 N–H and O–H groups in total. The van der Waals surface area contributed by atoms with Gasteiger partial charge in [-0.2, -0.15) is 0 Å². The summed E-state index contributed by atoms with van der Waals surface area (Å²) in [7, 11) is 0. The van der Waals surface area contributed by atoms with Gasteiger partial charge in [0.2, 0.25) is 0 Å². The fourth-order valence-corrected chi connectivity index (χ4v) is 1.36. The molecule has 0 atom stereocenters. The normalized spacial score (nSPS) is 30.1. The van der Waals surface area contributed by atoms with Gasteiger partial charge in [-0.3, -0.25) is 0 Å². The van der Waals surface area contributed by atoms with Crippen molar-refractivity contribution in [2.75, 3.05) is 13.2 Å². The maximum Gasteiger partial charge on any atom is 0.0835 e. The van der Waals surface area contributed by atoms with Crippen LogP contribution in [0.1, 0.15) is 12.8 Å². The van der Waals surface area contributed by atoms with Crippen molar-refractivity contribution in [3.8, 4) is 0 Å². The van der Waals surface area contributed by atoms with Crippen molar-refractivity contribution < 1.29 is 4.74 Å². The van der Waals surface area contributed by atoms with E-state index in [1.54, 1.807) is 0 Å². The Bertz CT molecular complexity index is 166. The first kappa shape index (κ1) is 10.3. The van der Waals surface area contributed by atoms with E-state index in [9.17, 15) is 0 Å². The molecule has 1 aliphatic carbocycles. The van der Waals surface area contributed by atoms with E-state index in [-0.39, 0.29) is 0 Å². The highest BCUT2D eigenvalue weighted by Gasteiger charge is 2.28. The lowest BCUT2D eigenvalue weighted by molar-refractivity contribution is -0.0153. The maximum absolute atomic E-state index is 5.64. The number of hydrogen-bond donors (Lipinski definition) is 1. The Morgan fingerprint density at radius 1 is 1.58 bits per heavy atom. The van der Waals surface area contributed by atoms with Crippen LogP contribution >= 0.6 is 23.2 Å². The molecule has 0 radical (unpaired) electrons. The Balaban J connectivity index is 2.04. The van der Waals surface area contributed by atoms with Crippen molar-refractivity contribution >= 4 is 23.2 Å². The molecule has 1 fully saturated rings. The van der Waals surface area contributed by atoms with E-state index in [2.05, 4.69) is 0 Å². The Morgan fingerprint density at radius 3 is 2.75 bits per heavy atom. The maximum atomic E-state index is 5.64. The standard InChI is InChI=1S/C8H13Cl2NO/c9-3-7(10)5-12-8-1-6(2-8)4-11/h3,6,8H,1-2,4-5,11H2. The van der Waals surface area contributed by atoms with Gasteiger partial charge in [-0.1, -0.05) is 23.2 Å². The molecule has 70 valence electrons. The molecule has 0 aromatic rings. The van der Waals surface area contributed by atoms with Crippen LogP contribution in [0.15, 0.2) is 10.6 Å². The van der Waals surface area contributed by atoms with Crippen LogP contribution in [0.25, 0.3) is 0 Å². The largest absolute Gasteiger partial charge is 0.373 e. The summed E-state index contributed by atoms with van der Waals surface area (Å²) in [4.78, 5) is 0. The summed E-state index contributed by atoms with van der Waals surface area (Å²) in [5, 5.41) is 0.549. The molecule has 0 amide bonds. The molecule has 0 aliphatic heterocycles. The third kappa shape index (κ3) is 2.94. The molecule has 1 saturated carbocycles. The quantitative estimate of drug-likeness (QED) is 0.770. The van der Waals surface area contributed by atoms with Crippen LogP contribution in [-0.4, -0.2) is 19.3 Å². The lowest BCUT2D eigenvalue weighted by Crippen LogP contribution is -2.36. The fraction of sp³-hybridized carbons (Fsp3) is 0.750. The zero-order valence-corrected chi connectivity index (χ0v) is 8.31. The van der Waals surface area contributed by atoms with Gasteiger partial charge in [0, 0.05) is 5.54 Å². The number of halogens is 2. The fourth-order valence-electron chi connectivity index (χ4n) is 1.23. The van der Waals surface area contributed by atoms with Gasteiger partial charge < -0.3 is 10.5 Å². The van der Waals surface area contributed by atoms with Crippen LogP contribution in [0.3, 0.4) is 0 Å². The first-order chi connectivity index (χ1) is 5.76. The molecule has 2 nitrogen and oxygen atoms in total. The first-order valence-electron chi connectivity index (χ1n) is 4.02. The summed E-state index contributed by atoms with van der Waals surface area (Å²) in [6, 6.07) is 0. The summed E-state index contributed by atoms with van der Waals surface area (Å²) >= 11 is 11.0. The molecule has 0 heterocycles. The second kappa shape index (κ2) is 5.07. The predicted molar refractivity (Wildman–Crippen MR) is 51.3 cm³/mol. The molecule has 0 aromatic carbocycles. The molecule has 0 saturated heterocycles. The monoisotopic (exact) mass is 209 g/mol. The second-order valence-electron chi connectivity index (χ2n) is 3.06. The SMILES string of the molecule is NCC1CC(OCC(Cl)=CCl)C1. The minimum absolute atomic E-state index is 0.337. The van der Waals surface area contributed by atoms with Crippen LogP contribution in [0.5, 0.6) is 0 Å². The summed E-state index contributed by atoms with van der Waals surface area (Å²) in [5.74, 6) is 0.647. The molecule has 1 rings (SSSR count). The van der Waals surface area contributed by atoms with Gasteiger partial charge in [-0.25, -0.2) is 0 Å². The number of rotatable bonds is 4. The summed E-state index contributed by atoms with van der Waals surface area (Å²) in [6.45, 7) is 1.19. The summed E-state index contributed by atoms with van der Waals surface area (Å²) in [6.07, 6.45) is 2.45. The van der Waals surface area contributed by atoms with Gasteiger partial charge in [-0.05, 0) is 25.3 Å². The molecule has 0 spiro atoms. The van der Waals surface area contributed by atoms with E-state index in [1.807, 2.05) is 0 Å². The van der Waals surface area contributed by atoms with Crippen LogP contribution < -0.4 is 5.73 Å². The highest BCUT2D eigenvalue weighted by molar-refractivity contribution is 6.36. The van der Waals surface area contributed by atoms with Crippen molar-refractivity contribution in [3.63, 3.8) is 0 Å². The minimum atomic E-state index is 0.337. The van der Waals surface area contributed by atoms with E-state index in [4.69, 9.17) is 33.7 Å². The zero-order chi connectivity index (χ0) is 8.97. The topological polar surface area (TPSA) is 35.2 Å². The van der Waals surface area contributed by atoms with Gasteiger partial charge in [0.1, 0.15) is 0 Å². The third-order valence-corrected chi connectivity index (χ3v) is 2.69. The van der Waals surface area contributed by atoms with Gasteiger partial charge in [0.15, 0.2) is 0 Å². The Kier molecular flexibility index (Phi) is 4.36. The number of ether oxygens (including phenoxy) is 1. The van der Waals surface area contributed by atoms with Crippen molar-refractivity contribution in [1.82, 2.24) is 0 Å². The van der Waals surface area contributed by atoms with Crippen LogP contribution in [0.4, 0.5) is 0 Å². The minimum Gasteiger partial charge on any atom is -0.373 e. The van der Waals surface area contributed by atoms with E-state index in [1.165, 1.54) is 5.54 Å². The number of hydrogen-bond acceptors (Lipinski definition) is 2. The van der Waals surface area contributed by atoms with Crippen LogP contribution in [0, 0.1) is 5.92 Å². The van der Waals surface area contributed by atoms with Gasteiger partial charge in [-0.15, -0.1) is 0 Å². The third-order valence-electron chi connectivity index (χ3n) is 2.10. The second-order valence-corrected chi connectivity index (χ2v) is 3.77. The molecule has 12 heavy (non-hydrogen) atoms.